The van der Waals surface area contributed by atoms with Gasteiger partial charge in [0, 0.05) is 24.0 Å². The third-order valence-electron chi connectivity index (χ3n) is 2.02. The third kappa shape index (κ3) is 2.78. The standard InChI is InChI=1S/C9H11N5O2S/c1-5-4-17-6(12-5)2-3-11-9(15)7-8(10)14-16-13-7/h4H,2-3H2,1H3,(H2,10,14)(H,11,15). The lowest BCUT2D eigenvalue weighted by Crippen LogP contribution is -2.26. The van der Waals surface area contributed by atoms with E-state index in [1.807, 2.05) is 12.3 Å². The Morgan fingerprint density at radius 1 is 1.59 bits per heavy atom. The van der Waals surface area contributed by atoms with Crippen molar-refractivity contribution in [2.24, 2.45) is 0 Å². The van der Waals surface area contributed by atoms with Crippen molar-refractivity contribution in [3.05, 3.63) is 21.8 Å². The van der Waals surface area contributed by atoms with E-state index in [1.54, 1.807) is 11.3 Å². The van der Waals surface area contributed by atoms with E-state index >= 15 is 0 Å². The number of hydrogen-bond donors (Lipinski definition) is 2. The molecule has 0 saturated carbocycles. The van der Waals surface area contributed by atoms with Gasteiger partial charge in [0.15, 0.2) is 0 Å². The number of nitrogens with zero attached hydrogens (tertiary/aromatic N) is 3. The molecule has 2 rings (SSSR count). The van der Waals surface area contributed by atoms with Gasteiger partial charge in [-0.3, -0.25) is 4.79 Å². The summed E-state index contributed by atoms with van der Waals surface area (Å²) < 4.78 is 4.34. The molecular weight excluding hydrogens is 242 g/mol. The lowest BCUT2D eigenvalue weighted by molar-refractivity contribution is 0.0945. The van der Waals surface area contributed by atoms with Crippen LogP contribution in [0.25, 0.3) is 0 Å². The first-order valence-electron chi connectivity index (χ1n) is 4.94. The molecule has 8 heteroatoms. The summed E-state index contributed by atoms with van der Waals surface area (Å²) in [6, 6.07) is 0. The fraction of sp³-hybridized carbons (Fsp3) is 0.333. The zero-order chi connectivity index (χ0) is 12.3. The summed E-state index contributed by atoms with van der Waals surface area (Å²) in [4.78, 5) is 15.8. The largest absolute Gasteiger partial charge is 0.379 e. The molecule has 0 atom stereocenters. The molecular formula is C9H11N5O2S. The van der Waals surface area contributed by atoms with E-state index in [9.17, 15) is 4.79 Å². The maximum atomic E-state index is 11.6. The summed E-state index contributed by atoms with van der Waals surface area (Å²) in [7, 11) is 0. The van der Waals surface area contributed by atoms with Gasteiger partial charge in [-0.1, -0.05) is 0 Å². The highest BCUT2D eigenvalue weighted by molar-refractivity contribution is 7.09. The van der Waals surface area contributed by atoms with Crippen LogP contribution in [0.5, 0.6) is 0 Å². The van der Waals surface area contributed by atoms with Crippen molar-refractivity contribution >= 4 is 23.1 Å². The van der Waals surface area contributed by atoms with Crippen molar-refractivity contribution < 1.29 is 9.42 Å². The number of carbonyl (C=O) groups is 1. The lowest BCUT2D eigenvalue weighted by Gasteiger charge is -2.00. The first kappa shape index (κ1) is 11.5. The Labute approximate surface area is 101 Å². The van der Waals surface area contributed by atoms with Gasteiger partial charge in [-0.05, 0) is 17.2 Å². The molecule has 7 nitrogen and oxygen atoms in total. The van der Waals surface area contributed by atoms with Crippen molar-refractivity contribution in [3.8, 4) is 0 Å². The quantitative estimate of drug-likeness (QED) is 0.816. The summed E-state index contributed by atoms with van der Waals surface area (Å²) in [6.07, 6.45) is 0.676. The van der Waals surface area contributed by atoms with Gasteiger partial charge in [0.25, 0.3) is 5.91 Å². The van der Waals surface area contributed by atoms with Crippen LogP contribution in [0.4, 0.5) is 5.82 Å². The van der Waals surface area contributed by atoms with Crippen LogP contribution in [0.2, 0.25) is 0 Å². The fourth-order valence-corrected chi connectivity index (χ4v) is 2.01. The summed E-state index contributed by atoms with van der Waals surface area (Å²) in [5.41, 5.74) is 6.39. The average molecular weight is 253 g/mol. The number of amides is 1. The number of aromatic nitrogens is 3. The normalized spacial score (nSPS) is 10.4. The van der Waals surface area contributed by atoms with E-state index in [1.165, 1.54) is 0 Å². The Morgan fingerprint density at radius 2 is 2.41 bits per heavy atom. The maximum absolute atomic E-state index is 11.6. The zero-order valence-electron chi connectivity index (χ0n) is 9.14. The van der Waals surface area contributed by atoms with Crippen molar-refractivity contribution in [1.82, 2.24) is 20.6 Å². The summed E-state index contributed by atoms with van der Waals surface area (Å²) in [6.45, 7) is 2.40. The number of nitrogen functional groups attached to an aromatic ring is 1. The van der Waals surface area contributed by atoms with Crippen molar-refractivity contribution in [1.29, 1.82) is 0 Å². The summed E-state index contributed by atoms with van der Waals surface area (Å²) in [5.74, 6) is -0.398. The van der Waals surface area contributed by atoms with Crippen LogP contribution < -0.4 is 11.1 Å². The second kappa shape index (κ2) is 4.91. The zero-order valence-corrected chi connectivity index (χ0v) is 9.95. The molecule has 2 heterocycles. The molecule has 0 saturated heterocycles. The van der Waals surface area contributed by atoms with Crippen molar-refractivity contribution in [2.45, 2.75) is 13.3 Å². The molecule has 2 aromatic rings. The van der Waals surface area contributed by atoms with Gasteiger partial charge in [0.2, 0.25) is 11.5 Å². The Hall–Kier alpha value is -1.96. The first-order chi connectivity index (χ1) is 8.16. The van der Waals surface area contributed by atoms with Gasteiger partial charge in [-0.25, -0.2) is 9.61 Å². The van der Waals surface area contributed by atoms with Gasteiger partial charge in [-0.15, -0.1) is 11.3 Å². The first-order valence-corrected chi connectivity index (χ1v) is 5.82. The highest BCUT2D eigenvalue weighted by Crippen LogP contribution is 2.09. The highest BCUT2D eigenvalue weighted by Gasteiger charge is 2.15. The van der Waals surface area contributed by atoms with Crippen LogP contribution in [0.15, 0.2) is 10.0 Å². The van der Waals surface area contributed by atoms with Crippen LogP contribution in [0, 0.1) is 6.92 Å². The topological polar surface area (TPSA) is 107 Å². The number of thiazole rings is 1. The van der Waals surface area contributed by atoms with E-state index in [0.717, 1.165) is 10.7 Å². The van der Waals surface area contributed by atoms with Gasteiger partial charge in [-0.2, -0.15) is 0 Å². The molecule has 0 aliphatic heterocycles. The maximum Gasteiger partial charge on any atom is 0.277 e. The molecule has 0 unspecified atom stereocenters. The Morgan fingerprint density at radius 3 is 3.00 bits per heavy atom. The molecule has 0 aliphatic carbocycles. The van der Waals surface area contributed by atoms with E-state index in [2.05, 4.69) is 25.2 Å². The SMILES string of the molecule is Cc1csc(CCNC(=O)c2nonc2N)n1. The minimum atomic E-state index is -0.392. The van der Waals surface area contributed by atoms with Gasteiger partial charge in [0.1, 0.15) is 0 Å². The number of nitrogens with two attached hydrogens (primary N) is 1. The van der Waals surface area contributed by atoms with Crippen LogP contribution >= 0.6 is 11.3 Å². The van der Waals surface area contributed by atoms with E-state index in [-0.39, 0.29) is 11.5 Å². The van der Waals surface area contributed by atoms with Crippen LogP contribution in [0.3, 0.4) is 0 Å². The molecule has 0 fully saturated rings. The van der Waals surface area contributed by atoms with Crippen LogP contribution in [-0.4, -0.2) is 27.7 Å². The molecule has 0 radical (unpaired) electrons. The Bertz CT molecular complexity index is 521. The van der Waals surface area contributed by atoms with Gasteiger partial charge >= 0.3 is 0 Å². The summed E-state index contributed by atoms with van der Waals surface area (Å²) in [5, 5.41) is 12.4. The molecule has 1 amide bonds. The van der Waals surface area contributed by atoms with E-state index in [0.29, 0.717) is 13.0 Å². The highest BCUT2D eigenvalue weighted by atomic mass is 32.1. The number of carbonyl (C=O) groups excluding carboxylic acids is 1. The molecule has 0 bridgehead atoms. The van der Waals surface area contributed by atoms with E-state index < -0.39 is 5.91 Å². The molecule has 0 aliphatic rings. The molecule has 0 spiro atoms. The van der Waals surface area contributed by atoms with Gasteiger partial charge in [0.05, 0.1) is 5.01 Å². The molecule has 0 aromatic carbocycles. The van der Waals surface area contributed by atoms with Gasteiger partial charge < -0.3 is 11.1 Å². The number of anilines is 1. The van der Waals surface area contributed by atoms with Crippen LogP contribution in [0.1, 0.15) is 21.2 Å². The Balaban J connectivity index is 1.83. The predicted octanol–water partition coefficient (Wildman–Crippen LogP) is 0.389. The monoisotopic (exact) mass is 253 g/mol. The van der Waals surface area contributed by atoms with Crippen molar-refractivity contribution in [2.75, 3.05) is 12.3 Å². The smallest absolute Gasteiger partial charge is 0.277 e. The van der Waals surface area contributed by atoms with Crippen molar-refractivity contribution in [3.63, 3.8) is 0 Å². The molecule has 3 N–H and O–H groups in total. The fourth-order valence-electron chi connectivity index (χ4n) is 1.24. The summed E-state index contributed by atoms with van der Waals surface area (Å²) >= 11 is 1.57. The second-order valence-corrected chi connectivity index (χ2v) is 4.33. The molecule has 90 valence electrons. The lowest BCUT2D eigenvalue weighted by atomic mass is 10.3. The number of hydrogen-bond acceptors (Lipinski definition) is 7. The molecule has 17 heavy (non-hydrogen) atoms. The predicted molar refractivity (Wildman–Crippen MR) is 61.6 cm³/mol. The minimum absolute atomic E-state index is 0.00686. The third-order valence-corrected chi connectivity index (χ3v) is 3.05. The number of rotatable bonds is 4. The number of aryl methyl sites for hydroxylation is 1. The average Bonchev–Trinajstić information content (AvgIpc) is 2.87. The molecule has 2 aromatic heterocycles. The minimum Gasteiger partial charge on any atom is -0.379 e. The van der Waals surface area contributed by atoms with Crippen LogP contribution in [-0.2, 0) is 6.42 Å². The second-order valence-electron chi connectivity index (χ2n) is 3.39. The number of nitrogens with one attached hydrogen (secondary N) is 1. The van der Waals surface area contributed by atoms with E-state index in [4.69, 9.17) is 5.73 Å². The Kier molecular flexibility index (Phi) is 3.33.